The summed E-state index contributed by atoms with van der Waals surface area (Å²) in [6.45, 7) is 6.98. The molecule has 1 aliphatic rings. The van der Waals surface area contributed by atoms with Crippen molar-refractivity contribution in [3.8, 4) is 0 Å². The Kier molecular flexibility index (Phi) is 7.62. The van der Waals surface area contributed by atoms with E-state index in [1.807, 2.05) is 30.3 Å². The van der Waals surface area contributed by atoms with Crippen LogP contribution in [0, 0.1) is 5.92 Å². The maximum Gasteiger partial charge on any atom is 0.322 e. The van der Waals surface area contributed by atoms with Crippen LogP contribution in [0.25, 0.3) is 0 Å². The van der Waals surface area contributed by atoms with E-state index in [0.717, 1.165) is 5.69 Å². The van der Waals surface area contributed by atoms with E-state index in [9.17, 15) is 9.59 Å². The van der Waals surface area contributed by atoms with E-state index in [1.54, 1.807) is 39.9 Å². The van der Waals surface area contributed by atoms with Gasteiger partial charge in [0.15, 0.2) is 12.2 Å². The summed E-state index contributed by atoms with van der Waals surface area (Å²) in [5.41, 5.74) is 0.726. The first-order valence-corrected chi connectivity index (χ1v) is 9.28. The van der Waals surface area contributed by atoms with Gasteiger partial charge < -0.3 is 14.2 Å². The minimum atomic E-state index is -1.12. The molecule has 1 aromatic carbocycles. The summed E-state index contributed by atoms with van der Waals surface area (Å²) in [6, 6.07) is 8.75. The predicted octanol–water partition coefficient (Wildman–Crippen LogP) is 3.08. The van der Waals surface area contributed by atoms with Crippen molar-refractivity contribution in [3.63, 3.8) is 0 Å². The van der Waals surface area contributed by atoms with Gasteiger partial charge in [0.1, 0.15) is 0 Å². The average Bonchev–Trinajstić information content (AvgIpc) is 2.61. The highest BCUT2D eigenvalue weighted by atomic mass is 16.8. The number of benzene rings is 1. The third-order valence-corrected chi connectivity index (χ3v) is 4.10. The molecule has 1 heterocycles. The van der Waals surface area contributed by atoms with Gasteiger partial charge in [0, 0.05) is 13.5 Å². The van der Waals surface area contributed by atoms with Gasteiger partial charge in [-0.1, -0.05) is 18.2 Å². The number of esters is 2. The zero-order chi connectivity index (χ0) is 20.0. The number of anilines is 1. The van der Waals surface area contributed by atoms with Gasteiger partial charge in [0.05, 0.1) is 23.9 Å². The van der Waals surface area contributed by atoms with Crippen LogP contribution in [-0.4, -0.2) is 43.6 Å². The molecule has 0 aliphatic carbocycles. The van der Waals surface area contributed by atoms with Gasteiger partial charge in [-0.15, -0.1) is 0 Å². The van der Waals surface area contributed by atoms with Crippen molar-refractivity contribution in [3.05, 3.63) is 30.3 Å². The Bertz CT molecular complexity index is 596. The van der Waals surface area contributed by atoms with Crippen molar-refractivity contribution >= 4 is 17.6 Å². The molecule has 150 valence electrons. The molecular formula is C20H29NO6. The van der Waals surface area contributed by atoms with Crippen LogP contribution in [0.2, 0.25) is 0 Å². The summed E-state index contributed by atoms with van der Waals surface area (Å²) in [7, 11) is 1.56. The van der Waals surface area contributed by atoms with Crippen LogP contribution in [0.4, 0.5) is 5.69 Å². The van der Waals surface area contributed by atoms with Gasteiger partial charge in [-0.3, -0.25) is 9.59 Å². The van der Waals surface area contributed by atoms with Gasteiger partial charge in [0.2, 0.25) is 0 Å². The maximum absolute atomic E-state index is 12.8. The molecule has 1 fully saturated rings. The third-order valence-electron chi connectivity index (χ3n) is 4.10. The Morgan fingerprint density at radius 1 is 1.00 bits per heavy atom. The molecule has 0 unspecified atom stereocenters. The number of hydrogen-bond acceptors (Lipinski definition) is 7. The van der Waals surface area contributed by atoms with Crippen LogP contribution in [-0.2, 0) is 28.6 Å². The second-order valence-corrected chi connectivity index (χ2v) is 7.03. The highest BCUT2D eigenvalue weighted by Crippen LogP contribution is 2.32. The first-order valence-electron chi connectivity index (χ1n) is 9.28. The van der Waals surface area contributed by atoms with E-state index in [-0.39, 0.29) is 12.2 Å². The summed E-state index contributed by atoms with van der Waals surface area (Å²) in [6.07, 6.45) is -0.0746. The fourth-order valence-corrected chi connectivity index (χ4v) is 2.99. The number of ether oxygens (including phenoxy) is 3. The monoisotopic (exact) mass is 379 g/mol. The van der Waals surface area contributed by atoms with Crippen molar-refractivity contribution in [1.82, 2.24) is 0 Å². The van der Waals surface area contributed by atoms with E-state index in [4.69, 9.17) is 19.0 Å². The Morgan fingerprint density at radius 3 is 2.04 bits per heavy atom. The lowest BCUT2D eigenvalue weighted by molar-refractivity contribution is -0.185. The average molecular weight is 379 g/mol. The molecule has 1 aliphatic heterocycles. The molecule has 0 N–H and O–H groups in total. The van der Waals surface area contributed by atoms with Crippen molar-refractivity contribution < 1.29 is 28.6 Å². The lowest BCUT2D eigenvalue weighted by Crippen LogP contribution is -2.53. The second-order valence-electron chi connectivity index (χ2n) is 7.03. The smallest absolute Gasteiger partial charge is 0.322 e. The summed E-state index contributed by atoms with van der Waals surface area (Å²) < 4.78 is 16.0. The quantitative estimate of drug-likeness (QED) is 0.532. The van der Waals surface area contributed by atoms with Crippen molar-refractivity contribution in [2.75, 3.05) is 12.2 Å². The molecule has 2 atom stereocenters. The molecule has 7 nitrogen and oxygen atoms in total. The molecule has 0 spiro atoms. The lowest BCUT2D eigenvalue weighted by atomic mass is 9.93. The Morgan fingerprint density at radius 2 is 1.56 bits per heavy atom. The minimum Gasteiger partial charge on any atom is -0.462 e. The minimum absolute atomic E-state index is 0.340. The van der Waals surface area contributed by atoms with E-state index in [1.165, 1.54) is 0 Å². The van der Waals surface area contributed by atoms with Crippen molar-refractivity contribution in [1.29, 1.82) is 0 Å². The molecule has 27 heavy (non-hydrogen) atoms. The first kappa shape index (κ1) is 21.2. The fraction of sp³-hybridized carbons (Fsp3) is 0.600. The number of hydrogen-bond donors (Lipinski definition) is 0. The molecule has 1 aromatic rings. The van der Waals surface area contributed by atoms with Crippen molar-refractivity contribution in [2.45, 2.75) is 65.1 Å². The number of methoxy groups -OCH3 is 1. The summed E-state index contributed by atoms with van der Waals surface area (Å²) in [4.78, 5) is 31.5. The number of carbonyl (C=O) groups excluding carboxylic acids is 2. The van der Waals surface area contributed by atoms with Crippen LogP contribution in [0.5, 0.6) is 0 Å². The van der Waals surface area contributed by atoms with Gasteiger partial charge in [-0.05, 0) is 46.2 Å². The van der Waals surface area contributed by atoms with Crippen LogP contribution < -0.4 is 5.06 Å². The Hall–Kier alpha value is -2.12. The topological polar surface area (TPSA) is 74.3 Å². The normalized spacial score (nSPS) is 20.2. The standard InChI is InChI=1S/C20H29NO6/c1-13(2)25-19(22)18(20(23)26-14(3)4)16-11-12-17(24-5)27-21(16)15-9-7-6-8-10-15/h6-10,13-14,16-18H,11-12H2,1-5H3/t16-,17-/m1/s1. The van der Waals surface area contributed by atoms with Gasteiger partial charge in [0.25, 0.3) is 0 Å². The van der Waals surface area contributed by atoms with E-state index < -0.39 is 30.2 Å². The molecule has 0 aromatic heterocycles. The number of carbonyl (C=O) groups is 2. The largest absolute Gasteiger partial charge is 0.462 e. The van der Waals surface area contributed by atoms with Crippen LogP contribution in [0.15, 0.2) is 30.3 Å². The van der Waals surface area contributed by atoms with Gasteiger partial charge in [-0.2, -0.15) is 0 Å². The molecule has 0 radical (unpaired) electrons. The lowest BCUT2D eigenvalue weighted by Gasteiger charge is -2.41. The fourth-order valence-electron chi connectivity index (χ4n) is 2.99. The molecule has 2 rings (SSSR count). The summed E-state index contributed by atoms with van der Waals surface area (Å²) >= 11 is 0. The predicted molar refractivity (Wildman–Crippen MR) is 99.8 cm³/mol. The van der Waals surface area contributed by atoms with Gasteiger partial charge in [-0.25, -0.2) is 9.90 Å². The number of hydroxylamine groups is 1. The highest BCUT2D eigenvalue weighted by Gasteiger charge is 2.45. The molecular weight excluding hydrogens is 350 g/mol. The first-order chi connectivity index (χ1) is 12.8. The SMILES string of the molecule is CO[C@H]1CC[C@H](C(C(=O)OC(C)C)C(=O)OC(C)C)N(c2ccccc2)O1. The molecule has 0 saturated carbocycles. The number of nitrogens with zero attached hydrogens (tertiary/aromatic N) is 1. The van der Waals surface area contributed by atoms with Crippen LogP contribution >= 0.6 is 0 Å². The van der Waals surface area contributed by atoms with Crippen LogP contribution in [0.1, 0.15) is 40.5 Å². The van der Waals surface area contributed by atoms with Crippen LogP contribution in [0.3, 0.4) is 0 Å². The van der Waals surface area contributed by atoms with Crippen molar-refractivity contribution in [2.24, 2.45) is 5.92 Å². The number of para-hydroxylation sites is 1. The van der Waals surface area contributed by atoms with E-state index in [2.05, 4.69) is 0 Å². The highest BCUT2D eigenvalue weighted by molar-refractivity contribution is 5.96. The second kappa shape index (κ2) is 9.71. The maximum atomic E-state index is 12.8. The van der Waals surface area contributed by atoms with E-state index >= 15 is 0 Å². The number of rotatable bonds is 7. The molecule has 0 amide bonds. The Labute approximate surface area is 160 Å². The zero-order valence-corrected chi connectivity index (χ0v) is 16.6. The molecule has 7 heteroatoms. The zero-order valence-electron chi connectivity index (χ0n) is 16.6. The van der Waals surface area contributed by atoms with E-state index in [0.29, 0.717) is 12.8 Å². The third kappa shape index (κ3) is 5.68. The molecule has 1 saturated heterocycles. The summed E-state index contributed by atoms with van der Waals surface area (Å²) in [5, 5.41) is 1.57. The summed E-state index contributed by atoms with van der Waals surface area (Å²) in [5.74, 6) is -2.34. The Balaban J connectivity index is 2.36. The molecule has 0 bridgehead atoms. The van der Waals surface area contributed by atoms with Gasteiger partial charge >= 0.3 is 11.9 Å².